The Balaban J connectivity index is 1.42. The molecule has 0 bridgehead atoms. The third-order valence-corrected chi connectivity index (χ3v) is 4.91. The van der Waals surface area contributed by atoms with E-state index in [1.165, 1.54) is 5.56 Å². The standard InChI is InChI=1S/C24H18N4O/c1-16-6-11-21(12-7-16)28-26-22-13-10-20(15-23(22)27-28)25-24(29)19-9-8-17-4-2-3-5-18(17)14-19/h2-15H,1H3,(H,25,29). The van der Waals surface area contributed by atoms with Crippen LogP contribution >= 0.6 is 0 Å². The summed E-state index contributed by atoms with van der Waals surface area (Å²) in [6.07, 6.45) is 0. The van der Waals surface area contributed by atoms with Crippen molar-refractivity contribution >= 4 is 33.4 Å². The molecule has 0 fully saturated rings. The Morgan fingerprint density at radius 3 is 2.38 bits per heavy atom. The van der Waals surface area contributed by atoms with Crippen molar-refractivity contribution in [3.63, 3.8) is 0 Å². The summed E-state index contributed by atoms with van der Waals surface area (Å²) in [6, 6.07) is 27.2. The number of nitrogens with one attached hydrogen (secondary N) is 1. The number of carbonyl (C=O) groups is 1. The van der Waals surface area contributed by atoms with Crippen LogP contribution in [0.4, 0.5) is 5.69 Å². The first-order valence-electron chi connectivity index (χ1n) is 9.40. The van der Waals surface area contributed by atoms with Gasteiger partial charge in [-0.2, -0.15) is 4.80 Å². The highest BCUT2D eigenvalue weighted by Crippen LogP contribution is 2.20. The molecule has 5 nitrogen and oxygen atoms in total. The molecule has 29 heavy (non-hydrogen) atoms. The molecule has 0 aliphatic heterocycles. The SMILES string of the molecule is Cc1ccc(-n2nc3ccc(NC(=O)c4ccc5ccccc5c4)cc3n2)cc1. The van der Waals surface area contributed by atoms with E-state index in [2.05, 4.69) is 15.5 Å². The van der Waals surface area contributed by atoms with E-state index in [0.29, 0.717) is 11.3 Å². The lowest BCUT2D eigenvalue weighted by atomic mass is 10.1. The number of benzene rings is 4. The summed E-state index contributed by atoms with van der Waals surface area (Å²) in [5.74, 6) is -0.152. The quantitative estimate of drug-likeness (QED) is 0.473. The zero-order chi connectivity index (χ0) is 19.8. The third kappa shape index (κ3) is 3.34. The summed E-state index contributed by atoms with van der Waals surface area (Å²) in [6.45, 7) is 2.04. The van der Waals surface area contributed by atoms with Crippen molar-refractivity contribution in [2.45, 2.75) is 6.92 Å². The fourth-order valence-electron chi connectivity index (χ4n) is 3.32. The van der Waals surface area contributed by atoms with Gasteiger partial charge in [-0.3, -0.25) is 4.79 Å². The Kier molecular flexibility index (Phi) is 4.06. The highest BCUT2D eigenvalue weighted by molar-refractivity contribution is 6.07. The van der Waals surface area contributed by atoms with Gasteiger partial charge in [-0.25, -0.2) is 0 Å². The third-order valence-electron chi connectivity index (χ3n) is 4.91. The van der Waals surface area contributed by atoms with Crippen LogP contribution in [0, 0.1) is 6.92 Å². The predicted octanol–water partition coefficient (Wildman–Crippen LogP) is 5.13. The molecule has 0 saturated heterocycles. The Morgan fingerprint density at radius 2 is 1.55 bits per heavy atom. The molecule has 0 spiro atoms. The lowest BCUT2D eigenvalue weighted by Gasteiger charge is -2.06. The van der Waals surface area contributed by atoms with Gasteiger partial charge in [0.1, 0.15) is 11.0 Å². The summed E-state index contributed by atoms with van der Waals surface area (Å²) >= 11 is 0. The number of aromatic nitrogens is 3. The zero-order valence-electron chi connectivity index (χ0n) is 15.8. The fraction of sp³-hybridized carbons (Fsp3) is 0.0417. The van der Waals surface area contributed by atoms with E-state index >= 15 is 0 Å². The largest absolute Gasteiger partial charge is 0.322 e. The first-order chi connectivity index (χ1) is 14.2. The molecule has 0 atom stereocenters. The van der Waals surface area contributed by atoms with Gasteiger partial charge in [0.15, 0.2) is 0 Å². The molecule has 4 aromatic carbocycles. The lowest BCUT2D eigenvalue weighted by Crippen LogP contribution is -2.11. The number of rotatable bonds is 3. The highest BCUT2D eigenvalue weighted by Gasteiger charge is 2.10. The van der Waals surface area contributed by atoms with Crippen molar-refractivity contribution in [2.24, 2.45) is 0 Å². The van der Waals surface area contributed by atoms with Gasteiger partial charge in [0.2, 0.25) is 0 Å². The van der Waals surface area contributed by atoms with Crippen molar-refractivity contribution < 1.29 is 4.79 Å². The minimum atomic E-state index is -0.152. The molecule has 0 radical (unpaired) electrons. The molecular weight excluding hydrogens is 360 g/mol. The highest BCUT2D eigenvalue weighted by atomic mass is 16.1. The number of anilines is 1. The van der Waals surface area contributed by atoms with Crippen LogP contribution in [0.25, 0.3) is 27.5 Å². The van der Waals surface area contributed by atoms with Crippen LogP contribution in [0.1, 0.15) is 15.9 Å². The first kappa shape index (κ1) is 17.1. The zero-order valence-corrected chi connectivity index (χ0v) is 15.8. The molecule has 1 amide bonds. The van der Waals surface area contributed by atoms with Gasteiger partial charge in [-0.1, -0.05) is 48.0 Å². The molecule has 0 aliphatic rings. The maximum atomic E-state index is 12.7. The van der Waals surface area contributed by atoms with Crippen molar-refractivity contribution in [1.29, 1.82) is 0 Å². The van der Waals surface area contributed by atoms with Crippen LogP contribution in [-0.4, -0.2) is 20.9 Å². The number of aryl methyl sites for hydroxylation is 1. The molecule has 140 valence electrons. The van der Waals surface area contributed by atoms with Gasteiger partial charge in [0.25, 0.3) is 5.91 Å². The maximum Gasteiger partial charge on any atom is 0.255 e. The molecular formula is C24H18N4O. The minimum Gasteiger partial charge on any atom is -0.322 e. The number of amides is 1. The van der Waals surface area contributed by atoms with Gasteiger partial charge >= 0.3 is 0 Å². The molecule has 0 saturated carbocycles. The van der Waals surface area contributed by atoms with Crippen LogP contribution in [0.15, 0.2) is 84.9 Å². The van der Waals surface area contributed by atoms with E-state index in [0.717, 1.165) is 27.5 Å². The van der Waals surface area contributed by atoms with Gasteiger partial charge < -0.3 is 5.32 Å². The van der Waals surface area contributed by atoms with E-state index in [-0.39, 0.29) is 5.91 Å². The van der Waals surface area contributed by atoms with Crippen LogP contribution in [0.3, 0.4) is 0 Å². The summed E-state index contributed by atoms with van der Waals surface area (Å²) in [4.78, 5) is 14.3. The topological polar surface area (TPSA) is 59.8 Å². The van der Waals surface area contributed by atoms with Crippen LogP contribution < -0.4 is 5.32 Å². The second kappa shape index (κ2) is 6.87. The second-order valence-electron chi connectivity index (χ2n) is 7.04. The molecule has 1 N–H and O–H groups in total. The van der Waals surface area contributed by atoms with E-state index in [9.17, 15) is 4.79 Å². The van der Waals surface area contributed by atoms with Crippen LogP contribution in [0.2, 0.25) is 0 Å². The van der Waals surface area contributed by atoms with E-state index in [1.807, 2.05) is 91.9 Å². The summed E-state index contributed by atoms with van der Waals surface area (Å²) in [7, 11) is 0. The van der Waals surface area contributed by atoms with Gasteiger partial charge in [-0.05, 0) is 60.2 Å². The molecule has 1 aromatic heterocycles. The van der Waals surface area contributed by atoms with Crippen molar-refractivity contribution in [3.8, 4) is 5.69 Å². The van der Waals surface area contributed by atoms with E-state index in [4.69, 9.17) is 0 Å². The molecule has 0 aliphatic carbocycles. The Labute approximate surface area is 167 Å². The smallest absolute Gasteiger partial charge is 0.255 e. The van der Waals surface area contributed by atoms with Gasteiger partial charge in [0.05, 0.1) is 5.69 Å². The van der Waals surface area contributed by atoms with E-state index < -0.39 is 0 Å². The average molecular weight is 378 g/mol. The summed E-state index contributed by atoms with van der Waals surface area (Å²) in [5, 5.41) is 14.2. The number of hydrogen-bond acceptors (Lipinski definition) is 3. The lowest BCUT2D eigenvalue weighted by molar-refractivity contribution is 0.102. The van der Waals surface area contributed by atoms with E-state index in [1.54, 1.807) is 4.80 Å². The van der Waals surface area contributed by atoms with Crippen LogP contribution in [-0.2, 0) is 0 Å². The summed E-state index contributed by atoms with van der Waals surface area (Å²) in [5.41, 5.74) is 4.88. The average Bonchev–Trinajstić information content (AvgIpc) is 3.17. The summed E-state index contributed by atoms with van der Waals surface area (Å²) < 4.78 is 0. The molecule has 5 aromatic rings. The van der Waals surface area contributed by atoms with Gasteiger partial charge in [-0.15, -0.1) is 10.2 Å². The maximum absolute atomic E-state index is 12.7. The van der Waals surface area contributed by atoms with Crippen molar-refractivity contribution in [3.05, 3.63) is 96.1 Å². The second-order valence-corrected chi connectivity index (χ2v) is 7.04. The fourth-order valence-corrected chi connectivity index (χ4v) is 3.32. The van der Waals surface area contributed by atoms with Gasteiger partial charge in [0, 0.05) is 11.3 Å². The normalized spacial score (nSPS) is 11.1. The van der Waals surface area contributed by atoms with Crippen molar-refractivity contribution in [1.82, 2.24) is 15.0 Å². The molecule has 0 unspecified atom stereocenters. The number of nitrogens with zero attached hydrogens (tertiary/aromatic N) is 3. The first-order valence-corrected chi connectivity index (χ1v) is 9.40. The molecule has 1 heterocycles. The Bertz CT molecular complexity index is 1350. The number of fused-ring (bicyclic) bond motifs is 2. The molecule has 5 rings (SSSR count). The van der Waals surface area contributed by atoms with Crippen LogP contribution in [0.5, 0.6) is 0 Å². The Hall–Kier alpha value is -3.99. The minimum absolute atomic E-state index is 0.152. The number of hydrogen-bond donors (Lipinski definition) is 1. The predicted molar refractivity (Wildman–Crippen MR) is 116 cm³/mol. The van der Waals surface area contributed by atoms with Crippen molar-refractivity contribution in [2.75, 3.05) is 5.32 Å². The monoisotopic (exact) mass is 378 g/mol. The molecule has 5 heteroatoms. The number of carbonyl (C=O) groups excluding carboxylic acids is 1. The Morgan fingerprint density at radius 1 is 0.793 bits per heavy atom.